The van der Waals surface area contributed by atoms with Crippen molar-refractivity contribution in [3.63, 3.8) is 0 Å². The molecule has 0 aliphatic carbocycles. The van der Waals surface area contributed by atoms with Gasteiger partial charge in [0.1, 0.15) is 0 Å². The van der Waals surface area contributed by atoms with Gasteiger partial charge in [-0.15, -0.1) is 0 Å². The number of carbonyl (C=O) groups excluding carboxylic acids is 1. The first-order valence-corrected chi connectivity index (χ1v) is 2.36. The van der Waals surface area contributed by atoms with Crippen molar-refractivity contribution in [2.75, 3.05) is 13.7 Å². The Morgan fingerprint density at radius 3 is 2.38 bits per heavy atom. The molecule has 0 amide bonds. The molecule has 0 fully saturated rings. The molecule has 0 N–H and O–H groups in total. The fraction of sp³-hybridized carbons (Fsp3) is 0.500. The van der Waals surface area contributed by atoms with Crippen LogP contribution in [0, 0.1) is 0 Å². The molecule has 0 spiro atoms. The van der Waals surface area contributed by atoms with Gasteiger partial charge in [0.15, 0.2) is 5.78 Å². The Kier molecular flexibility index (Phi) is 3.12. The molecular formula is C6H10O2. The van der Waals surface area contributed by atoms with E-state index < -0.39 is 0 Å². The van der Waals surface area contributed by atoms with Gasteiger partial charge in [-0.2, -0.15) is 0 Å². The maximum absolute atomic E-state index is 10.4. The van der Waals surface area contributed by atoms with Crippen LogP contribution >= 0.6 is 0 Å². The third-order valence-electron chi connectivity index (χ3n) is 0.816. The van der Waals surface area contributed by atoms with E-state index in [9.17, 15) is 4.79 Å². The number of rotatable bonds is 3. The lowest BCUT2D eigenvalue weighted by Crippen LogP contribution is -2.01. The van der Waals surface area contributed by atoms with E-state index in [0.29, 0.717) is 12.2 Å². The topological polar surface area (TPSA) is 26.3 Å². The minimum absolute atomic E-state index is 0.00755. The quantitative estimate of drug-likeness (QED) is 0.507. The summed E-state index contributed by atoms with van der Waals surface area (Å²) in [5.41, 5.74) is 0.521. The van der Waals surface area contributed by atoms with Gasteiger partial charge in [0.2, 0.25) is 0 Å². The minimum Gasteiger partial charge on any atom is -0.380 e. The molecule has 0 rings (SSSR count). The van der Waals surface area contributed by atoms with Crippen molar-refractivity contribution in [1.82, 2.24) is 0 Å². The zero-order valence-corrected chi connectivity index (χ0v) is 5.23. The van der Waals surface area contributed by atoms with Gasteiger partial charge >= 0.3 is 0 Å². The van der Waals surface area contributed by atoms with Crippen molar-refractivity contribution in [2.45, 2.75) is 6.92 Å². The van der Waals surface area contributed by atoms with Crippen LogP contribution in [0.4, 0.5) is 0 Å². The molecule has 0 unspecified atom stereocenters. The summed E-state index contributed by atoms with van der Waals surface area (Å²) in [7, 11) is 1.54. The molecule has 2 heteroatoms. The highest BCUT2D eigenvalue weighted by molar-refractivity contribution is 5.92. The number of hydrogen-bond acceptors (Lipinski definition) is 2. The molecule has 0 aromatic heterocycles. The number of hydrogen-bond donors (Lipinski definition) is 0. The molecule has 46 valence electrons. The zero-order chi connectivity index (χ0) is 6.57. The van der Waals surface area contributed by atoms with Crippen molar-refractivity contribution >= 4 is 5.78 Å². The summed E-state index contributed by atoms with van der Waals surface area (Å²) in [6.07, 6.45) is 0. The van der Waals surface area contributed by atoms with E-state index in [2.05, 4.69) is 11.3 Å². The predicted octanol–water partition coefficient (Wildman–Crippen LogP) is 0.778. The lowest BCUT2D eigenvalue weighted by Gasteiger charge is -1.95. The third-order valence-corrected chi connectivity index (χ3v) is 0.816. The molecule has 0 saturated heterocycles. The molecule has 0 aromatic carbocycles. The van der Waals surface area contributed by atoms with E-state index in [0.717, 1.165) is 0 Å². The Bertz CT molecular complexity index is 105. The van der Waals surface area contributed by atoms with Crippen LogP contribution in [0.1, 0.15) is 6.92 Å². The summed E-state index contributed by atoms with van der Waals surface area (Å²) in [4.78, 5) is 10.4. The number of methoxy groups -OCH3 is 1. The second-order valence-corrected chi connectivity index (χ2v) is 1.59. The lowest BCUT2D eigenvalue weighted by atomic mass is 10.2. The van der Waals surface area contributed by atoms with Crippen molar-refractivity contribution in [2.24, 2.45) is 0 Å². The fourth-order valence-electron chi connectivity index (χ4n) is 0.276. The van der Waals surface area contributed by atoms with E-state index in [1.807, 2.05) is 0 Å². The first-order valence-electron chi connectivity index (χ1n) is 2.36. The number of carbonyl (C=O) groups is 1. The summed E-state index contributed by atoms with van der Waals surface area (Å²) < 4.78 is 4.64. The van der Waals surface area contributed by atoms with Crippen LogP contribution < -0.4 is 0 Å². The third kappa shape index (κ3) is 2.53. The van der Waals surface area contributed by atoms with Crippen molar-refractivity contribution in [3.8, 4) is 0 Å². The largest absolute Gasteiger partial charge is 0.380 e. The van der Waals surface area contributed by atoms with Crippen LogP contribution in [0.25, 0.3) is 0 Å². The summed E-state index contributed by atoms with van der Waals surface area (Å²) >= 11 is 0. The average Bonchev–Trinajstić information content (AvgIpc) is 1.67. The van der Waals surface area contributed by atoms with Crippen LogP contribution in [0.3, 0.4) is 0 Å². The van der Waals surface area contributed by atoms with E-state index in [4.69, 9.17) is 0 Å². The molecule has 8 heavy (non-hydrogen) atoms. The molecule has 0 bridgehead atoms. The second kappa shape index (κ2) is 3.38. The first-order chi connectivity index (χ1) is 3.68. The van der Waals surface area contributed by atoms with Crippen LogP contribution in [0.5, 0.6) is 0 Å². The summed E-state index contributed by atoms with van der Waals surface area (Å²) in [5.74, 6) is -0.00755. The molecular weight excluding hydrogens is 104 g/mol. The summed E-state index contributed by atoms with van der Waals surface area (Å²) in [6.45, 7) is 5.29. The SMILES string of the molecule is C=C(COC)C(C)=O. The van der Waals surface area contributed by atoms with Gasteiger partial charge in [0, 0.05) is 12.7 Å². The Hall–Kier alpha value is -0.630. The highest BCUT2D eigenvalue weighted by atomic mass is 16.5. The Balaban J connectivity index is 3.49. The first kappa shape index (κ1) is 7.37. The average molecular weight is 114 g/mol. The molecule has 0 saturated carbocycles. The van der Waals surface area contributed by atoms with Gasteiger partial charge in [-0.1, -0.05) is 6.58 Å². The van der Waals surface area contributed by atoms with E-state index >= 15 is 0 Å². The Morgan fingerprint density at radius 1 is 1.75 bits per heavy atom. The Labute approximate surface area is 49.1 Å². The summed E-state index contributed by atoms with van der Waals surface area (Å²) in [6, 6.07) is 0. The second-order valence-electron chi connectivity index (χ2n) is 1.59. The van der Waals surface area contributed by atoms with Crippen molar-refractivity contribution < 1.29 is 9.53 Å². The van der Waals surface area contributed by atoms with Gasteiger partial charge in [0.25, 0.3) is 0 Å². The van der Waals surface area contributed by atoms with E-state index in [1.54, 1.807) is 0 Å². The monoisotopic (exact) mass is 114 g/mol. The standard InChI is InChI=1S/C6H10O2/c1-5(4-8-3)6(2)7/h1,4H2,2-3H3. The predicted molar refractivity (Wildman–Crippen MR) is 31.7 cm³/mol. The normalized spacial score (nSPS) is 8.75. The molecule has 0 aliphatic heterocycles. The number of ketones is 1. The summed E-state index contributed by atoms with van der Waals surface area (Å²) in [5, 5.41) is 0. The maximum atomic E-state index is 10.4. The smallest absolute Gasteiger partial charge is 0.157 e. The minimum atomic E-state index is -0.00755. The van der Waals surface area contributed by atoms with Gasteiger partial charge in [-0.25, -0.2) is 0 Å². The van der Waals surface area contributed by atoms with Gasteiger partial charge < -0.3 is 4.74 Å². The molecule has 0 atom stereocenters. The fourth-order valence-corrected chi connectivity index (χ4v) is 0.276. The molecule has 0 heterocycles. The number of Topliss-reactive ketones (excluding diaryl/α,β-unsaturated/α-hetero) is 1. The van der Waals surface area contributed by atoms with Crippen LogP contribution in [-0.4, -0.2) is 19.5 Å². The molecule has 2 nitrogen and oxygen atoms in total. The zero-order valence-electron chi connectivity index (χ0n) is 5.23. The molecule has 0 aliphatic rings. The van der Waals surface area contributed by atoms with Gasteiger partial charge in [0.05, 0.1) is 6.61 Å². The number of ether oxygens (including phenoxy) is 1. The van der Waals surface area contributed by atoms with Crippen LogP contribution in [0.15, 0.2) is 12.2 Å². The van der Waals surface area contributed by atoms with Crippen LogP contribution in [-0.2, 0) is 9.53 Å². The van der Waals surface area contributed by atoms with Crippen molar-refractivity contribution in [3.05, 3.63) is 12.2 Å². The van der Waals surface area contributed by atoms with Gasteiger partial charge in [-0.05, 0) is 6.92 Å². The van der Waals surface area contributed by atoms with Gasteiger partial charge in [-0.3, -0.25) is 4.79 Å². The van der Waals surface area contributed by atoms with Crippen LogP contribution in [0.2, 0.25) is 0 Å². The molecule has 0 aromatic rings. The van der Waals surface area contributed by atoms with E-state index in [1.165, 1.54) is 14.0 Å². The lowest BCUT2D eigenvalue weighted by molar-refractivity contribution is -0.114. The van der Waals surface area contributed by atoms with Crippen molar-refractivity contribution in [1.29, 1.82) is 0 Å². The highest BCUT2D eigenvalue weighted by Gasteiger charge is 1.96. The molecule has 0 radical (unpaired) electrons. The maximum Gasteiger partial charge on any atom is 0.157 e. The highest BCUT2D eigenvalue weighted by Crippen LogP contribution is 1.89. The Morgan fingerprint density at radius 2 is 2.25 bits per heavy atom. The van der Waals surface area contributed by atoms with E-state index in [-0.39, 0.29) is 5.78 Å².